The van der Waals surface area contributed by atoms with Crippen molar-refractivity contribution in [3.05, 3.63) is 30.6 Å². The summed E-state index contributed by atoms with van der Waals surface area (Å²) in [6.45, 7) is 0. The fraction of sp³-hybridized carbons (Fsp3) is 0.545. The van der Waals surface area contributed by atoms with E-state index in [1.54, 1.807) is 0 Å². The maximum absolute atomic E-state index is 6.30. The molecule has 0 N–H and O–H groups in total. The molecule has 13 heavy (non-hydrogen) atoms. The molecule has 1 aromatic rings. The molecule has 0 spiro atoms. The van der Waals surface area contributed by atoms with Crippen molar-refractivity contribution in [2.24, 2.45) is 0 Å². The minimum absolute atomic E-state index is 0.321. The van der Waals surface area contributed by atoms with Crippen LogP contribution in [0.3, 0.4) is 0 Å². The summed E-state index contributed by atoms with van der Waals surface area (Å²) in [6.07, 6.45) is 9.22. The topological polar surface area (TPSA) is 3.88 Å². The highest BCUT2D eigenvalue weighted by Crippen LogP contribution is 2.28. The van der Waals surface area contributed by atoms with Gasteiger partial charge in [0.15, 0.2) is 18.4 Å². The van der Waals surface area contributed by atoms with Gasteiger partial charge in [-0.15, -0.1) is 11.6 Å². The minimum atomic E-state index is 0.321. The van der Waals surface area contributed by atoms with Gasteiger partial charge in [-0.1, -0.05) is 12.5 Å². The lowest BCUT2D eigenvalue weighted by atomic mass is 9.94. The third kappa shape index (κ3) is 2.02. The van der Waals surface area contributed by atoms with Crippen LogP contribution in [0.5, 0.6) is 0 Å². The van der Waals surface area contributed by atoms with E-state index in [0.717, 1.165) is 6.42 Å². The summed E-state index contributed by atoms with van der Waals surface area (Å²) in [7, 11) is 0. The average Bonchev–Trinajstić information content (AvgIpc) is 2.20. The molecular formula is C11H15ClN+. The maximum Gasteiger partial charge on any atom is 0.174 e. The van der Waals surface area contributed by atoms with E-state index in [0.29, 0.717) is 11.4 Å². The summed E-state index contributed by atoms with van der Waals surface area (Å²) in [6, 6.07) is 6.69. The van der Waals surface area contributed by atoms with Crippen molar-refractivity contribution < 1.29 is 4.57 Å². The summed E-state index contributed by atoms with van der Waals surface area (Å²) < 4.78 is 2.25. The summed E-state index contributed by atoms with van der Waals surface area (Å²) >= 11 is 6.30. The van der Waals surface area contributed by atoms with Crippen LogP contribution in [0.25, 0.3) is 0 Å². The molecule has 70 valence electrons. The Morgan fingerprint density at radius 3 is 2.38 bits per heavy atom. The van der Waals surface area contributed by atoms with Gasteiger partial charge < -0.3 is 0 Å². The van der Waals surface area contributed by atoms with E-state index in [9.17, 15) is 0 Å². The molecule has 0 amide bonds. The van der Waals surface area contributed by atoms with Crippen LogP contribution in [-0.4, -0.2) is 5.38 Å². The third-order valence-electron chi connectivity index (χ3n) is 2.77. The van der Waals surface area contributed by atoms with Crippen molar-refractivity contribution in [3.8, 4) is 0 Å². The number of rotatable bonds is 1. The van der Waals surface area contributed by atoms with Crippen LogP contribution in [0, 0.1) is 0 Å². The molecule has 2 rings (SSSR count). The van der Waals surface area contributed by atoms with Gasteiger partial charge in [0.2, 0.25) is 0 Å². The molecule has 0 unspecified atom stereocenters. The first-order valence-corrected chi connectivity index (χ1v) is 5.41. The summed E-state index contributed by atoms with van der Waals surface area (Å²) in [4.78, 5) is 0. The molecule has 0 saturated heterocycles. The van der Waals surface area contributed by atoms with Crippen molar-refractivity contribution in [3.63, 3.8) is 0 Å². The normalized spacial score (nSPS) is 28.7. The van der Waals surface area contributed by atoms with Gasteiger partial charge in [0.25, 0.3) is 0 Å². The first-order valence-electron chi connectivity index (χ1n) is 4.98. The quantitative estimate of drug-likeness (QED) is 0.481. The Morgan fingerprint density at radius 1 is 1.00 bits per heavy atom. The molecule has 1 saturated carbocycles. The van der Waals surface area contributed by atoms with E-state index in [2.05, 4.69) is 29.1 Å². The van der Waals surface area contributed by atoms with Crippen molar-refractivity contribution in [1.29, 1.82) is 0 Å². The van der Waals surface area contributed by atoms with Crippen molar-refractivity contribution in [2.45, 2.75) is 37.1 Å². The molecular weight excluding hydrogens is 182 g/mol. The zero-order chi connectivity index (χ0) is 9.10. The van der Waals surface area contributed by atoms with Gasteiger partial charge in [-0.2, -0.15) is 0 Å². The zero-order valence-corrected chi connectivity index (χ0v) is 8.45. The van der Waals surface area contributed by atoms with E-state index in [-0.39, 0.29) is 0 Å². The number of pyridine rings is 1. The number of halogens is 1. The Morgan fingerprint density at radius 2 is 1.69 bits per heavy atom. The van der Waals surface area contributed by atoms with Crippen LogP contribution < -0.4 is 4.57 Å². The Labute approximate surface area is 84.3 Å². The Bertz CT molecular complexity index is 260. The van der Waals surface area contributed by atoms with E-state index >= 15 is 0 Å². The number of nitrogens with zero attached hydrogens (tertiary/aromatic N) is 1. The highest BCUT2D eigenvalue weighted by molar-refractivity contribution is 6.20. The van der Waals surface area contributed by atoms with Crippen LogP contribution in [0.2, 0.25) is 0 Å². The molecule has 0 aliphatic heterocycles. The lowest BCUT2D eigenvalue weighted by Crippen LogP contribution is -2.44. The van der Waals surface area contributed by atoms with E-state index in [1.807, 2.05) is 6.07 Å². The number of aromatic nitrogens is 1. The van der Waals surface area contributed by atoms with Crippen molar-refractivity contribution in [1.82, 2.24) is 0 Å². The van der Waals surface area contributed by atoms with Crippen molar-refractivity contribution >= 4 is 11.6 Å². The first kappa shape index (κ1) is 9.01. The Hall–Kier alpha value is -0.560. The van der Waals surface area contributed by atoms with E-state index < -0.39 is 0 Å². The largest absolute Gasteiger partial charge is 0.201 e. The maximum atomic E-state index is 6.30. The van der Waals surface area contributed by atoms with Gasteiger partial charge in [0.05, 0.1) is 5.38 Å². The monoisotopic (exact) mass is 196 g/mol. The lowest BCUT2D eigenvalue weighted by Gasteiger charge is -2.22. The standard InChI is InChI=1S/C11H15ClN/c12-10-6-2-3-7-11(10)13-8-4-1-5-9-13/h1,4-5,8-11H,2-3,6-7H2/q+1/t10-,11-/m0/s1. The molecule has 1 aromatic heterocycles. The van der Waals surface area contributed by atoms with Crippen LogP contribution in [0.1, 0.15) is 31.7 Å². The molecule has 2 atom stereocenters. The zero-order valence-electron chi connectivity index (χ0n) is 7.70. The minimum Gasteiger partial charge on any atom is -0.201 e. The number of hydrogen-bond donors (Lipinski definition) is 0. The van der Waals surface area contributed by atoms with Crippen LogP contribution in [-0.2, 0) is 0 Å². The second-order valence-electron chi connectivity index (χ2n) is 3.69. The van der Waals surface area contributed by atoms with E-state index in [4.69, 9.17) is 11.6 Å². The van der Waals surface area contributed by atoms with Gasteiger partial charge in [-0.3, -0.25) is 0 Å². The van der Waals surface area contributed by atoms with Crippen LogP contribution >= 0.6 is 11.6 Å². The van der Waals surface area contributed by atoms with Crippen molar-refractivity contribution in [2.75, 3.05) is 0 Å². The van der Waals surface area contributed by atoms with Gasteiger partial charge in [-0.25, -0.2) is 4.57 Å². The fourth-order valence-electron chi connectivity index (χ4n) is 2.03. The fourth-order valence-corrected chi connectivity index (χ4v) is 2.45. The number of hydrogen-bond acceptors (Lipinski definition) is 0. The molecule has 2 heteroatoms. The molecule has 1 aliphatic carbocycles. The molecule has 0 radical (unpaired) electrons. The molecule has 1 fully saturated rings. The van der Waals surface area contributed by atoms with Crippen LogP contribution in [0.4, 0.5) is 0 Å². The second kappa shape index (κ2) is 4.10. The predicted molar refractivity (Wildman–Crippen MR) is 53.8 cm³/mol. The second-order valence-corrected chi connectivity index (χ2v) is 4.25. The molecule has 1 heterocycles. The number of alkyl halides is 1. The SMILES string of the molecule is Cl[C@H]1CCCC[C@@H]1[n+]1ccccc1. The Balaban J connectivity index is 2.15. The van der Waals surface area contributed by atoms with Crippen LogP contribution in [0.15, 0.2) is 30.6 Å². The smallest absolute Gasteiger partial charge is 0.174 e. The van der Waals surface area contributed by atoms with Gasteiger partial charge in [-0.05, 0) is 12.8 Å². The highest BCUT2D eigenvalue weighted by Gasteiger charge is 2.29. The van der Waals surface area contributed by atoms with Gasteiger partial charge in [0, 0.05) is 18.6 Å². The predicted octanol–water partition coefficient (Wildman–Crippen LogP) is 2.70. The summed E-state index contributed by atoms with van der Waals surface area (Å²) in [5.41, 5.74) is 0. The van der Waals surface area contributed by atoms with Gasteiger partial charge in [0.1, 0.15) is 0 Å². The third-order valence-corrected chi connectivity index (χ3v) is 3.28. The lowest BCUT2D eigenvalue weighted by molar-refractivity contribution is -0.724. The highest BCUT2D eigenvalue weighted by atomic mass is 35.5. The molecule has 1 nitrogen and oxygen atoms in total. The Kier molecular flexibility index (Phi) is 2.84. The molecule has 0 bridgehead atoms. The van der Waals surface area contributed by atoms with Gasteiger partial charge >= 0.3 is 0 Å². The summed E-state index contributed by atoms with van der Waals surface area (Å²) in [5, 5.41) is 0.321. The molecule has 1 aliphatic rings. The summed E-state index contributed by atoms with van der Waals surface area (Å²) in [5.74, 6) is 0. The average molecular weight is 197 g/mol. The van der Waals surface area contributed by atoms with E-state index in [1.165, 1.54) is 19.3 Å². The molecule has 0 aromatic carbocycles. The first-order chi connectivity index (χ1) is 6.38.